The van der Waals surface area contributed by atoms with Gasteiger partial charge in [0.2, 0.25) is 0 Å². The van der Waals surface area contributed by atoms with Crippen molar-refractivity contribution in [3.8, 4) is 0 Å². The van der Waals surface area contributed by atoms with Gasteiger partial charge in [0.25, 0.3) is 0 Å². The average Bonchev–Trinajstić information content (AvgIpc) is 3.06. The van der Waals surface area contributed by atoms with E-state index in [0.717, 1.165) is 12.2 Å². The molecule has 0 atom stereocenters. The highest BCUT2D eigenvalue weighted by Crippen LogP contribution is 1.98. The molecule has 1 aromatic heterocycles. The Bertz CT molecular complexity index is 621. The topological polar surface area (TPSA) is 148 Å². The highest BCUT2D eigenvalue weighted by molar-refractivity contribution is 5.94. The van der Waals surface area contributed by atoms with E-state index in [1.807, 2.05) is 0 Å². The van der Waals surface area contributed by atoms with E-state index in [2.05, 4.69) is 4.74 Å². The Morgan fingerprint density at radius 3 is 1.69 bits per heavy atom. The van der Waals surface area contributed by atoms with Crippen molar-refractivity contribution in [3.63, 3.8) is 0 Å². The number of carboxylic acids is 2. The molecule has 0 spiro atoms. The second-order valence-electron chi connectivity index (χ2n) is 4.01. The van der Waals surface area contributed by atoms with Gasteiger partial charge in [0, 0.05) is 25.2 Å². The number of esters is 1. The quantitative estimate of drug-likeness (QED) is 0.451. The molecule has 0 bridgehead atoms. The molecule has 0 radical (unpaired) electrons. The van der Waals surface area contributed by atoms with E-state index >= 15 is 0 Å². The third-order valence-corrected chi connectivity index (χ3v) is 1.89. The molecule has 26 heavy (non-hydrogen) atoms. The molecule has 0 unspecified atom stereocenters. The summed E-state index contributed by atoms with van der Waals surface area (Å²) in [6.45, 7) is 2.83. The lowest BCUT2D eigenvalue weighted by Gasteiger charge is -1.85. The fraction of sp³-hybridized carbons (Fsp3) is 0.235. The molecule has 0 fully saturated rings. The predicted molar refractivity (Wildman–Crippen MR) is 91.7 cm³/mol. The van der Waals surface area contributed by atoms with Gasteiger partial charge in [-0.25, -0.2) is 14.4 Å². The van der Waals surface area contributed by atoms with Gasteiger partial charge in [-0.1, -0.05) is 7.43 Å². The van der Waals surface area contributed by atoms with Crippen molar-refractivity contribution in [2.24, 2.45) is 0 Å². The van der Waals surface area contributed by atoms with Crippen molar-refractivity contribution in [1.29, 1.82) is 0 Å². The molecular formula is C17H22O9. The first kappa shape index (κ1) is 27.4. The fourth-order valence-electron chi connectivity index (χ4n) is 0.875. The maximum Gasteiger partial charge on any atom is 0.330 e. The molecule has 9 heteroatoms. The fourth-order valence-corrected chi connectivity index (χ4v) is 0.875. The molecule has 0 aliphatic carbocycles. The summed E-state index contributed by atoms with van der Waals surface area (Å²) in [6.07, 6.45) is 4.84. The van der Waals surface area contributed by atoms with Gasteiger partial charge in [-0.05, 0) is 25.1 Å². The average molecular weight is 370 g/mol. The number of ketones is 2. The normalized spacial score (nSPS) is 9.04. The van der Waals surface area contributed by atoms with E-state index in [-0.39, 0.29) is 19.0 Å². The predicted octanol–water partition coefficient (Wildman–Crippen LogP) is 2.13. The molecule has 0 amide bonds. The minimum atomic E-state index is -1.26. The van der Waals surface area contributed by atoms with Crippen LogP contribution in [-0.4, -0.2) is 46.8 Å². The molecular weight excluding hydrogens is 348 g/mol. The second-order valence-corrected chi connectivity index (χ2v) is 4.01. The third-order valence-electron chi connectivity index (χ3n) is 1.89. The Hall–Kier alpha value is -3.49. The Balaban J connectivity index is -0.000000300. The SMILES string of the molecule is C.CC(=O)c1ccco1.COC(=O)/C=C/C(C)=O.O=C(O)/C=C/C(=O)O. The Morgan fingerprint density at radius 1 is 0.962 bits per heavy atom. The van der Waals surface area contributed by atoms with Gasteiger partial charge in [0.15, 0.2) is 17.3 Å². The van der Waals surface area contributed by atoms with Crippen LogP contribution in [-0.2, 0) is 23.9 Å². The molecule has 1 aromatic rings. The number of carbonyl (C=O) groups excluding carboxylic acids is 3. The first-order chi connectivity index (χ1) is 11.6. The number of Topliss-reactive ketones (excluding diaryl/α,β-unsaturated/α-hetero) is 1. The van der Waals surface area contributed by atoms with Crippen molar-refractivity contribution < 1.29 is 43.3 Å². The van der Waals surface area contributed by atoms with Crippen molar-refractivity contribution in [3.05, 3.63) is 48.5 Å². The van der Waals surface area contributed by atoms with Gasteiger partial charge >= 0.3 is 17.9 Å². The monoisotopic (exact) mass is 370 g/mol. The number of furan rings is 1. The Morgan fingerprint density at radius 2 is 1.46 bits per heavy atom. The summed E-state index contributed by atoms with van der Waals surface area (Å²) in [7, 11) is 1.26. The van der Waals surface area contributed by atoms with Crippen LogP contribution in [0.15, 0.2) is 47.1 Å². The number of allylic oxidation sites excluding steroid dienone is 1. The Labute approximate surface area is 150 Å². The van der Waals surface area contributed by atoms with Gasteiger partial charge in [-0.3, -0.25) is 9.59 Å². The molecule has 0 saturated heterocycles. The van der Waals surface area contributed by atoms with Gasteiger partial charge in [0.1, 0.15) is 0 Å². The van der Waals surface area contributed by atoms with Gasteiger partial charge in [-0.2, -0.15) is 0 Å². The summed E-state index contributed by atoms with van der Waals surface area (Å²) in [5.41, 5.74) is 0. The minimum absolute atomic E-state index is 0. The van der Waals surface area contributed by atoms with Gasteiger partial charge in [0.05, 0.1) is 13.4 Å². The van der Waals surface area contributed by atoms with E-state index in [0.29, 0.717) is 17.9 Å². The summed E-state index contributed by atoms with van der Waals surface area (Å²) in [5.74, 6) is -2.80. The number of methoxy groups -OCH3 is 1. The number of hydrogen-bond donors (Lipinski definition) is 2. The first-order valence-corrected chi connectivity index (χ1v) is 6.55. The molecule has 2 N–H and O–H groups in total. The van der Waals surface area contributed by atoms with Crippen LogP contribution < -0.4 is 0 Å². The van der Waals surface area contributed by atoms with E-state index in [9.17, 15) is 24.0 Å². The van der Waals surface area contributed by atoms with Gasteiger partial charge in [-0.15, -0.1) is 0 Å². The van der Waals surface area contributed by atoms with Crippen molar-refractivity contribution >= 4 is 29.5 Å². The van der Waals surface area contributed by atoms with E-state index in [1.54, 1.807) is 12.1 Å². The zero-order chi connectivity index (χ0) is 19.8. The second kappa shape index (κ2) is 16.4. The summed E-state index contributed by atoms with van der Waals surface area (Å²) >= 11 is 0. The van der Waals surface area contributed by atoms with Crippen LogP contribution in [0.1, 0.15) is 31.8 Å². The van der Waals surface area contributed by atoms with E-state index in [1.165, 1.54) is 27.2 Å². The Kier molecular flexibility index (Phi) is 17.2. The zero-order valence-electron chi connectivity index (χ0n) is 13.8. The van der Waals surface area contributed by atoms with Crippen LogP contribution >= 0.6 is 0 Å². The zero-order valence-corrected chi connectivity index (χ0v) is 13.8. The largest absolute Gasteiger partial charge is 0.478 e. The van der Waals surface area contributed by atoms with Gasteiger partial charge < -0.3 is 19.4 Å². The number of carboxylic acid groups (broad SMARTS) is 2. The van der Waals surface area contributed by atoms with Crippen molar-refractivity contribution in [2.45, 2.75) is 21.3 Å². The summed E-state index contributed by atoms with van der Waals surface area (Å²) in [5, 5.41) is 15.6. The maximum atomic E-state index is 10.4. The van der Waals surface area contributed by atoms with Crippen LogP contribution in [0.4, 0.5) is 0 Å². The van der Waals surface area contributed by atoms with Crippen LogP contribution in [0, 0.1) is 0 Å². The number of ether oxygens (including phenoxy) is 1. The molecule has 9 nitrogen and oxygen atoms in total. The van der Waals surface area contributed by atoms with Crippen molar-refractivity contribution in [2.75, 3.05) is 7.11 Å². The molecule has 1 rings (SSSR count). The highest BCUT2D eigenvalue weighted by atomic mass is 16.5. The number of hydrogen-bond acceptors (Lipinski definition) is 7. The number of aliphatic carboxylic acids is 2. The lowest BCUT2D eigenvalue weighted by molar-refractivity contribution is -0.135. The summed E-state index contributed by atoms with van der Waals surface area (Å²) in [6, 6.07) is 3.33. The van der Waals surface area contributed by atoms with Crippen molar-refractivity contribution in [1.82, 2.24) is 0 Å². The lowest BCUT2D eigenvalue weighted by Crippen LogP contribution is -1.95. The van der Waals surface area contributed by atoms with Crippen LogP contribution in [0.2, 0.25) is 0 Å². The third kappa shape index (κ3) is 20.5. The molecule has 0 aromatic carbocycles. The molecule has 1 heterocycles. The molecule has 0 saturated carbocycles. The lowest BCUT2D eigenvalue weighted by atomic mass is 10.3. The summed E-state index contributed by atoms with van der Waals surface area (Å²) < 4.78 is 8.97. The molecule has 0 aliphatic heterocycles. The smallest absolute Gasteiger partial charge is 0.330 e. The van der Waals surface area contributed by atoms with Crippen LogP contribution in [0.25, 0.3) is 0 Å². The minimum Gasteiger partial charge on any atom is -0.478 e. The number of carbonyl (C=O) groups is 5. The van der Waals surface area contributed by atoms with Crippen LogP contribution in [0.3, 0.4) is 0 Å². The molecule has 0 aliphatic rings. The maximum absolute atomic E-state index is 10.4. The highest BCUT2D eigenvalue weighted by Gasteiger charge is 1.97. The number of rotatable bonds is 5. The first-order valence-electron chi connectivity index (χ1n) is 6.55. The van der Waals surface area contributed by atoms with Crippen LogP contribution in [0.5, 0.6) is 0 Å². The van der Waals surface area contributed by atoms with E-state index < -0.39 is 17.9 Å². The standard InChI is InChI=1S/C6H8O3.C6H6O2.C4H4O4.CH4/c1-5(7)3-4-6(8)9-2;1-5(7)6-3-2-4-8-6;5-3(6)1-2-4(7)8;/h3-4H,1-2H3;2-4H,1H3;1-2H,(H,5,6)(H,7,8);1H4/b4-3+;;2-1+;. The molecule has 144 valence electrons. The van der Waals surface area contributed by atoms with E-state index in [4.69, 9.17) is 14.6 Å². The summed E-state index contributed by atoms with van der Waals surface area (Å²) in [4.78, 5) is 49.9.